The summed E-state index contributed by atoms with van der Waals surface area (Å²) in [6.07, 6.45) is 2.52. The molecular formula is C13H26N2OS. The summed E-state index contributed by atoms with van der Waals surface area (Å²) in [5.41, 5.74) is 6.26. The molecule has 2 N–H and O–H groups in total. The molecule has 1 heterocycles. The van der Waals surface area contributed by atoms with Crippen molar-refractivity contribution in [2.24, 2.45) is 11.1 Å². The van der Waals surface area contributed by atoms with Gasteiger partial charge in [-0.15, -0.1) is 0 Å². The van der Waals surface area contributed by atoms with Gasteiger partial charge in [0.15, 0.2) is 0 Å². The van der Waals surface area contributed by atoms with Gasteiger partial charge in [-0.2, -0.15) is 11.8 Å². The Morgan fingerprint density at radius 2 is 2.06 bits per heavy atom. The van der Waals surface area contributed by atoms with Crippen LogP contribution in [0.25, 0.3) is 0 Å². The summed E-state index contributed by atoms with van der Waals surface area (Å²) in [6, 6.07) is -0.00148. The second-order valence-corrected chi connectivity index (χ2v) is 7.30. The van der Waals surface area contributed by atoms with Gasteiger partial charge in [0.25, 0.3) is 0 Å². The maximum atomic E-state index is 12.1. The number of carbonyl (C=O) groups is 1. The predicted molar refractivity (Wildman–Crippen MR) is 75.2 cm³/mol. The van der Waals surface area contributed by atoms with Gasteiger partial charge < -0.3 is 10.6 Å². The van der Waals surface area contributed by atoms with Crippen LogP contribution in [0, 0.1) is 5.41 Å². The first-order valence-corrected chi connectivity index (χ1v) is 7.65. The number of carbonyl (C=O) groups excluding carboxylic acids is 1. The summed E-state index contributed by atoms with van der Waals surface area (Å²) in [5, 5.41) is 0. The molecule has 1 aliphatic heterocycles. The van der Waals surface area contributed by atoms with Crippen LogP contribution >= 0.6 is 11.8 Å². The Hall–Kier alpha value is -0.220. The minimum Gasteiger partial charge on any atom is -0.342 e. The van der Waals surface area contributed by atoms with Crippen molar-refractivity contribution in [3.8, 4) is 0 Å². The molecule has 1 atom stereocenters. The quantitative estimate of drug-likeness (QED) is 0.843. The van der Waals surface area contributed by atoms with Crippen molar-refractivity contribution in [2.45, 2.75) is 46.1 Å². The highest BCUT2D eigenvalue weighted by molar-refractivity contribution is 7.99. The standard InChI is InChI=1S/C13H26N2OS/c1-13(2,3)10-11(14)9-12(16)15-5-4-7-17-8-6-15/h11H,4-10,14H2,1-3H3. The van der Waals surface area contributed by atoms with Crippen molar-refractivity contribution in [3.05, 3.63) is 0 Å². The molecule has 0 radical (unpaired) electrons. The van der Waals surface area contributed by atoms with Gasteiger partial charge in [-0.3, -0.25) is 4.79 Å². The van der Waals surface area contributed by atoms with E-state index in [1.807, 2.05) is 16.7 Å². The molecule has 1 rings (SSSR count). The van der Waals surface area contributed by atoms with Crippen LogP contribution in [0.15, 0.2) is 0 Å². The third kappa shape index (κ3) is 6.32. The van der Waals surface area contributed by atoms with E-state index in [0.29, 0.717) is 6.42 Å². The molecule has 4 heteroatoms. The van der Waals surface area contributed by atoms with Gasteiger partial charge in [-0.25, -0.2) is 0 Å². The van der Waals surface area contributed by atoms with Crippen LogP contribution in [0.5, 0.6) is 0 Å². The van der Waals surface area contributed by atoms with Crippen LogP contribution in [0.1, 0.15) is 40.0 Å². The Morgan fingerprint density at radius 3 is 2.71 bits per heavy atom. The van der Waals surface area contributed by atoms with E-state index in [0.717, 1.165) is 31.7 Å². The van der Waals surface area contributed by atoms with E-state index >= 15 is 0 Å². The molecule has 1 aliphatic rings. The fourth-order valence-corrected chi connectivity index (χ4v) is 3.09. The molecule has 100 valence electrons. The Balaban J connectivity index is 2.36. The minimum absolute atomic E-state index is 0.00148. The molecule has 0 spiro atoms. The first kappa shape index (κ1) is 14.8. The molecule has 0 aromatic carbocycles. The molecule has 0 aliphatic carbocycles. The summed E-state index contributed by atoms with van der Waals surface area (Å²) in [4.78, 5) is 14.1. The first-order valence-electron chi connectivity index (χ1n) is 6.49. The van der Waals surface area contributed by atoms with Crippen molar-refractivity contribution in [2.75, 3.05) is 24.6 Å². The van der Waals surface area contributed by atoms with Crippen molar-refractivity contribution in [3.63, 3.8) is 0 Å². The van der Waals surface area contributed by atoms with Crippen LogP contribution in [0.2, 0.25) is 0 Å². The smallest absolute Gasteiger partial charge is 0.224 e. The Bertz CT molecular complexity index is 242. The molecule has 1 saturated heterocycles. The van der Waals surface area contributed by atoms with Crippen LogP contribution in [0.3, 0.4) is 0 Å². The summed E-state index contributed by atoms with van der Waals surface area (Å²) in [5.74, 6) is 2.49. The molecule has 17 heavy (non-hydrogen) atoms. The lowest BCUT2D eigenvalue weighted by atomic mass is 9.87. The monoisotopic (exact) mass is 258 g/mol. The van der Waals surface area contributed by atoms with Crippen LogP contribution in [-0.2, 0) is 4.79 Å². The highest BCUT2D eigenvalue weighted by atomic mass is 32.2. The van der Waals surface area contributed by atoms with Crippen molar-refractivity contribution in [1.82, 2.24) is 4.90 Å². The van der Waals surface area contributed by atoms with Crippen molar-refractivity contribution < 1.29 is 4.79 Å². The molecule has 1 unspecified atom stereocenters. The van der Waals surface area contributed by atoms with Gasteiger partial charge in [-0.1, -0.05) is 20.8 Å². The Labute approximate surface area is 109 Å². The topological polar surface area (TPSA) is 46.3 Å². The number of rotatable bonds is 3. The fraction of sp³-hybridized carbons (Fsp3) is 0.923. The zero-order valence-corrected chi connectivity index (χ0v) is 12.2. The predicted octanol–water partition coefficient (Wildman–Crippen LogP) is 2.11. The van der Waals surface area contributed by atoms with E-state index in [1.165, 1.54) is 5.75 Å². The lowest BCUT2D eigenvalue weighted by Gasteiger charge is -2.26. The summed E-state index contributed by atoms with van der Waals surface area (Å²) >= 11 is 1.94. The second kappa shape index (κ2) is 6.64. The van der Waals surface area contributed by atoms with Crippen LogP contribution in [0.4, 0.5) is 0 Å². The average molecular weight is 258 g/mol. The lowest BCUT2D eigenvalue weighted by molar-refractivity contribution is -0.131. The van der Waals surface area contributed by atoms with Crippen molar-refractivity contribution >= 4 is 17.7 Å². The molecule has 1 fully saturated rings. The highest BCUT2D eigenvalue weighted by Gasteiger charge is 2.21. The van der Waals surface area contributed by atoms with Crippen LogP contribution < -0.4 is 5.73 Å². The normalized spacial score (nSPS) is 19.9. The summed E-state index contributed by atoms with van der Waals surface area (Å²) in [7, 11) is 0. The summed E-state index contributed by atoms with van der Waals surface area (Å²) in [6.45, 7) is 8.31. The van der Waals surface area contributed by atoms with Gasteiger partial charge >= 0.3 is 0 Å². The molecule has 0 aromatic heterocycles. The third-order valence-corrected chi connectivity index (χ3v) is 3.93. The zero-order chi connectivity index (χ0) is 12.9. The van der Waals surface area contributed by atoms with Gasteiger partial charge in [0.05, 0.1) is 0 Å². The van der Waals surface area contributed by atoms with E-state index in [2.05, 4.69) is 20.8 Å². The molecular weight excluding hydrogens is 232 g/mol. The van der Waals surface area contributed by atoms with Gasteiger partial charge in [0.1, 0.15) is 0 Å². The Kier molecular flexibility index (Phi) is 5.80. The number of nitrogens with two attached hydrogens (primary N) is 1. The van der Waals surface area contributed by atoms with E-state index < -0.39 is 0 Å². The number of thioether (sulfide) groups is 1. The highest BCUT2D eigenvalue weighted by Crippen LogP contribution is 2.21. The Morgan fingerprint density at radius 1 is 1.35 bits per heavy atom. The maximum absolute atomic E-state index is 12.1. The number of nitrogens with zero attached hydrogens (tertiary/aromatic N) is 1. The molecule has 3 nitrogen and oxygen atoms in total. The second-order valence-electron chi connectivity index (χ2n) is 6.08. The molecule has 0 aromatic rings. The number of hydrogen-bond donors (Lipinski definition) is 1. The fourth-order valence-electron chi connectivity index (χ4n) is 2.21. The molecule has 0 saturated carbocycles. The van der Waals surface area contributed by atoms with E-state index in [-0.39, 0.29) is 17.4 Å². The molecule has 0 bridgehead atoms. The summed E-state index contributed by atoms with van der Waals surface area (Å²) < 4.78 is 0. The van der Waals surface area contributed by atoms with E-state index in [4.69, 9.17) is 5.73 Å². The van der Waals surface area contributed by atoms with Gasteiger partial charge in [0.2, 0.25) is 5.91 Å². The van der Waals surface area contributed by atoms with E-state index in [9.17, 15) is 4.79 Å². The van der Waals surface area contributed by atoms with Crippen molar-refractivity contribution in [1.29, 1.82) is 0 Å². The SMILES string of the molecule is CC(C)(C)CC(N)CC(=O)N1CCCSCC1. The first-order chi connectivity index (χ1) is 7.88. The lowest BCUT2D eigenvalue weighted by Crippen LogP contribution is -2.38. The number of hydrogen-bond acceptors (Lipinski definition) is 3. The molecule has 1 amide bonds. The number of amides is 1. The van der Waals surface area contributed by atoms with Gasteiger partial charge in [0, 0.05) is 31.3 Å². The van der Waals surface area contributed by atoms with E-state index in [1.54, 1.807) is 0 Å². The largest absolute Gasteiger partial charge is 0.342 e. The minimum atomic E-state index is -0.00148. The third-order valence-electron chi connectivity index (χ3n) is 2.89. The van der Waals surface area contributed by atoms with Gasteiger partial charge in [-0.05, 0) is 24.0 Å². The van der Waals surface area contributed by atoms with Crippen LogP contribution in [-0.4, -0.2) is 41.4 Å². The zero-order valence-electron chi connectivity index (χ0n) is 11.4. The maximum Gasteiger partial charge on any atom is 0.224 e. The average Bonchev–Trinajstić information content (AvgIpc) is 2.41.